The van der Waals surface area contributed by atoms with Crippen molar-refractivity contribution in [3.63, 3.8) is 0 Å². The second kappa shape index (κ2) is 9.94. The first-order valence-corrected chi connectivity index (χ1v) is 9.00. The predicted molar refractivity (Wildman–Crippen MR) is 98.8 cm³/mol. The van der Waals surface area contributed by atoms with Crippen molar-refractivity contribution in [1.82, 2.24) is 0 Å². The van der Waals surface area contributed by atoms with Crippen LogP contribution in [0.1, 0.15) is 11.1 Å². The summed E-state index contributed by atoms with van der Waals surface area (Å²) in [5.74, 6) is 0. The lowest BCUT2D eigenvalue weighted by Gasteiger charge is -2.41. The van der Waals surface area contributed by atoms with Gasteiger partial charge in [-0.3, -0.25) is 0 Å². The Kier molecular flexibility index (Phi) is 7.34. The third kappa shape index (κ3) is 5.35. The van der Waals surface area contributed by atoms with Crippen molar-refractivity contribution >= 4 is 0 Å². The molecule has 0 saturated carbocycles. The van der Waals surface area contributed by atoms with Crippen LogP contribution in [0.2, 0.25) is 0 Å². The smallest absolute Gasteiger partial charge is 0.186 e. The minimum absolute atomic E-state index is 0.206. The average Bonchev–Trinajstić information content (AvgIpc) is 2.71. The number of aliphatic hydroxyl groups excluding tert-OH is 2. The van der Waals surface area contributed by atoms with Crippen LogP contribution < -0.4 is 0 Å². The van der Waals surface area contributed by atoms with Gasteiger partial charge in [-0.05, 0) is 11.1 Å². The molecule has 6 nitrogen and oxygen atoms in total. The number of methoxy groups -OCH3 is 1. The monoisotopic (exact) mass is 374 g/mol. The summed E-state index contributed by atoms with van der Waals surface area (Å²) in [4.78, 5) is 0. The van der Waals surface area contributed by atoms with Crippen LogP contribution in [0.4, 0.5) is 0 Å². The van der Waals surface area contributed by atoms with E-state index in [1.165, 1.54) is 7.11 Å². The maximum Gasteiger partial charge on any atom is 0.186 e. The minimum Gasteiger partial charge on any atom is -0.387 e. The van der Waals surface area contributed by atoms with E-state index in [9.17, 15) is 10.2 Å². The van der Waals surface area contributed by atoms with E-state index < -0.39 is 30.7 Å². The van der Waals surface area contributed by atoms with Gasteiger partial charge in [-0.1, -0.05) is 60.7 Å². The van der Waals surface area contributed by atoms with Crippen LogP contribution in [0.5, 0.6) is 0 Å². The topological polar surface area (TPSA) is 77.4 Å². The maximum absolute atomic E-state index is 10.5. The number of ether oxygens (including phenoxy) is 4. The van der Waals surface area contributed by atoms with Gasteiger partial charge in [0.15, 0.2) is 6.29 Å². The van der Waals surface area contributed by atoms with Gasteiger partial charge in [0, 0.05) is 7.11 Å². The lowest BCUT2D eigenvalue weighted by atomic mass is 9.99. The van der Waals surface area contributed by atoms with E-state index in [0.717, 1.165) is 11.1 Å². The van der Waals surface area contributed by atoms with Gasteiger partial charge in [-0.15, -0.1) is 0 Å². The van der Waals surface area contributed by atoms with Gasteiger partial charge in [-0.2, -0.15) is 0 Å². The lowest BCUT2D eigenvalue weighted by Crippen LogP contribution is -2.60. The second-order valence-electron chi connectivity index (χ2n) is 6.52. The molecule has 3 rings (SSSR count). The zero-order valence-corrected chi connectivity index (χ0v) is 15.3. The van der Waals surface area contributed by atoms with E-state index >= 15 is 0 Å². The van der Waals surface area contributed by atoms with E-state index in [2.05, 4.69) is 0 Å². The van der Waals surface area contributed by atoms with Crippen LogP contribution in [-0.4, -0.2) is 54.6 Å². The molecule has 5 atom stereocenters. The predicted octanol–water partition coefficient (Wildman–Crippen LogP) is 1.88. The third-order valence-electron chi connectivity index (χ3n) is 4.55. The van der Waals surface area contributed by atoms with Crippen molar-refractivity contribution in [3.05, 3.63) is 71.8 Å². The molecule has 6 heteroatoms. The Bertz CT molecular complexity index is 665. The molecular formula is C21H26O6. The second-order valence-corrected chi connectivity index (χ2v) is 6.52. The molecule has 0 spiro atoms. The summed E-state index contributed by atoms with van der Waals surface area (Å²) in [6.07, 6.45) is -4.57. The first-order chi connectivity index (χ1) is 13.2. The Morgan fingerprint density at radius 3 is 2.04 bits per heavy atom. The van der Waals surface area contributed by atoms with Gasteiger partial charge in [0.25, 0.3) is 0 Å². The fraction of sp³-hybridized carbons (Fsp3) is 0.429. The Balaban J connectivity index is 1.62. The molecule has 1 fully saturated rings. The summed E-state index contributed by atoms with van der Waals surface area (Å²) in [7, 11) is 1.42. The van der Waals surface area contributed by atoms with E-state index in [1.807, 2.05) is 60.7 Å². The van der Waals surface area contributed by atoms with Gasteiger partial charge < -0.3 is 29.2 Å². The molecule has 2 aromatic rings. The van der Waals surface area contributed by atoms with E-state index in [-0.39, 0.29) is 6.61 Å². The Hall–Kier alpha value is -1.80. The normalized spacial score (nSPS) is 28.2. The molecule has 0 aromatic heterocycles. The molecule has 2 aromatic carbocycles. The summed E-state index contributed by atoms with van der Waals surface area (Å²) >= 11 is 0. The lowest BCUT2D eigenvalue weighted by molar-refractivity contribution is -0.305. The fourth-order valence-corrected chi connectivity index (χ4v) is 3.07. The van der Waals surface area contributed by atoms with Crippen molar-refractivity contribution in [2.75, 3.05) is 13.7 Å². The standard InChI is InChI=1S/C21H26O6/c1-24-21-19(23)18(22)20(26-13-16-10-6-3-7-11-16)17(27-21)14-25-12-15-8-4-2-5-9-15/h2-11,17-23H,12-14H2,1H3/t17-,18-,19+,20-,21+/m1/s1. The van der Waals surface area contributed by atoms with Crippen LogP contribution >= 0.6 is 0 Å². The molecule has 0 amide bonds. The first kappa shape index (κ1) is 19.9. The van der Waals surface area contributed by atoms with Crippen molar-refractivity contribution in [3.8, 4) is 0 Å². The van der Waals surface area contributed by atoms with Crippen LogP contribution in [0, 0.1) is 0 Å². The van der Waals surface area contributed by atoms with E-state index in [0.29, 0.717) is 13.2 Å². The number of hydrogen-bond donors (Lipinski definition) is 2. The van der Waals surface area contributed by atoms with Crippen LogP contribution in [-0.2, 0) is 32.2 Å². The van der Waals surface area contributed by atoms with E-state index in [1.54, 1.807) is 0 Å². The fourth-order valence-electron chi connectivity index (χ4n) is 3.07. The molecule has 0 unspecified atom stereocenters. The number of rotatable bonds is 8. The van der Waals surface area contributed by atoms with Gasteiger partial charge in [0.1, 0.15) is 24.4 Å². The van der Waals surface area contributed by atoms with Gasteiger partial charge in [0.05, 0.1) is 19.8 Å². The van der Waals surface area contributed by atoms with Gasteiger partial charge >= 0.3 is 0 Å². The summed E-state index contributed by atoms with van der Waals surface area (Å²) in [6, 6.07) is 19.4. The largest absolute Gasteiger partial charge is 0.387 e. The van der Waals surface area contributed by atoms with Crippen molar-refractivity contribution in [1.29, 1.82) is 0 Å². The maximum atomic E-state index is 10.5. The summed E-state index contributed by atoms with van der Waals surface area (Å²) in [6.45, 7) is 0.922. The highest BCUT2D eigenvalue weighted by Crippen LogP contribution is 2.25. The highest BCUT2D eigenvalue weighted by atomic mass is 16.7. The van der Waals surface area contributed by atoms with Crippen molar-refractivity contribution in [2.45, 2.75) is 43.9 Å². The van der Waals surface area contributed by atoms with Crippen LogP contribution in [0.15, 0.2) is 60.7 Å². The van der Waals surface area contributed by atoms with E-state index in [4.69, 9.17) is 18.9 Å². The highest BCUT2D eigenvalue weighted by molar-refractivity contribution is 5.14. The zero-order valence-electron chi connectivity index (χ0n) is 15.3. The Labute approximate surface area is 159 Å². The molecule has 0 aliphatic carbocycles. The SMILES string of the molecule is CO[C@H]1O[C@H](COCc2ccccc2)[C@@H](OCc2ccccc2)[C@H](O)[C@@H]1O. The van der Waals surface area contributed by atoms with Gasteiger partial charge in [0.2, 0.25) is 0 Å². The Morgan fingerprint density at radius 2 is 1.44 bits per heavy atom. The van der Waals surface area contributed by atoms with Crippen molar-refractivity contribution in [2.24, 2.45) is 0 Å². The molecular weight excluding hydrogens is 348 g/mol. The van der Waals surface area contributed by atoms with Crippen LogP contribution in [0.3, 0.4) is 0 Å². The highest BCUT2D eigenvalue weighted by Gasteiger charge is 2.45. The average molecular weight is 374 g/mol. The number of hydrogen-bond acceptors (Lipinski definition) is 6. The zero-order chi connectivity index (χ0) is 19.1. The molecule has 1 aliphatic rings. The van der Waals surface area contributed by atoms with Crippen LogP contribution in [0.25, 0.3) is 0 Å². The molecule has 1 saturated heterocycles. The van der Waals surface area contributed by atoms with Gasteiger partial charge in [-0.25, -0.2) is 0 Å². The molecule has 27 heavy (non-hydrogen) atoms. The molecule has 1 aliphatic heterocycles. The quantitative estimate of drug-likeness (QED) is 0.735. The molecule has 2 N–H and O–H groups in total. The molecule has 146 valence electrons. The molecule has 0 bridgehead atoms. The number of aliphatic hydroxyl groups is 2. The molecule has 1 heterocycles. The molecule has 0 radical (unpaired) electrons. The Morgan fingerprint density at radius 1 is 0.852 bits per heavy atom. The number of benzene rings is 2. The minimum atomic E-state index is -1.19. The summed E-state index contributed by atoms with van der Waals surface area (Å²) < 4.78 is 22.6. The first-order valence-electron chi connectivity index (χ1n) is 9.00. The van der Waals surface area contributed by atoms with Crippen molar-refractivity contribution < 1.29 is 29.2 Å². The summed E-state index contributed by atoms with van der Waals surface area (Å²) in [5.41, 5.74) is 2.01. The summed E-state index contributed by atoms with van der Waals surface area (Å²) in [5, 5.41) is 20.7. The third-order valence-corrected chi connectivity index (χ3v) is 4.55.